The summed E-state index contributed by atoms with van der Waals surface area (Å²) in [6.45, 7) is 4.81. The Balaban J connectivity index is 1.92. The van der Waals surface area contributed by atoms with Gasteiger partial charge in [0.15, 0.2) is 0 Å². The van der Waals surface area contributed by atoms with Gasteiger partial charge in [-0.25, -0.2) is 4.79 Å². The fourth-order valence-corrected chi connectivity index (χ4v) is 2.60. The van der Waals surface area contributed by atoms with Crippen LogP contribution in [0.15, 0.2) is 33.5 Å². The van der Waals surface area contributed by atoms with Gasteiger partial charge in [-0.05, 0) is 24.7 Å². The molecule has 1 N–H and O–H groups in total. The van der Waals surface area contributed by atoms with Crippen LogP contribution in [0.3, 0.4) is 0 Å². The number of nitrogens with zero attached hydrogens (tertiary/aromatic N) is 2. The molecule has 0 amide bonds. The first-order valence-corrected chi connectivity index (χ1v) is 6.78. The van der Waals surface area contributed by atoms with Crippen LogP contribution in [0.1, 0.15) is 5.56 Å². The van der Waals surface area contributed by atoms with Gasteiger partial charge in [0.1, 0.15) is 11.3 Å². The van der Waals surface area contributed by atoms with Gasteiger partial charge in [0.25, 0.3) is 0 Å². The molecule has 0 atom stereocenters. The molecule has 0 bridgehead atoms. The standard InChI is InChI=1S/C15H18N2O3/c1-16-4-6-17(7-5-16)10-11-8-15(19)20-14-9-12(18)2-3-13(11)14/h2-3,8-9,18H,4-7,10H2,1H3. The van der Waals surface area contributed by atoms with E-state index in [1.54, 1.807) is 18.2 Å². The van der Waals surface area contributed by atoms with E-state index in [1.807, 2.05) is 0 Å². The number of likely N-dealkylation sites (N-methyl/N-ethyl adjacent to an activating group) is 1. The van der Waals surface area contributed by atoms with Crippen molar-refractivity contribution in [2.45, 2.75) is 6.54 Å². The van der Waals surface area contributed by atoms with E-state index in [0.29, 0.717) is 5.58 Å². The van der Waals surface area contributed by atoms with Gasteiger partial charge in [-0.1, -0.05) is 0 Å². The lowest BCUT2D eigenvalue weighted by molar-refractivity contribution is 0.148. The normalized spacial score (nSPS) is 17.6. The van der Waals surface area contributed by atoms with Crippen LogP contribution in [0.5, 0.6) is 5.75 Å². The third kappa shape index (κ3) is 2.69. The number of fused-ring (bicyclic) bond motifs is 1. The summed E-state index contributed by atoms with van der Waals surface area (Å²) in [5, 5.41) is 10.4. The fraction of sp³-hybridized carbons (Fsp3) is 0.400. The number of piperazine rings is 1. The molecule has 2 aromatic rings. The largest absolute Gasteiger partial charge is 0.508 e. The highest BCUT2D eigenvalue weighted by molar-refractivity contribution is 5.81. The molecule has 0 unspecified atom stereocenters. The first kappa shape index (κ1) is 13.1. The smallest absolute Gasteiger partial charge is 0.336 e. The maximum absolute atomic E-state index is 11.6. The summed E-state index contributed by atoms with van der Waals surface area (Å²) in [5.74, 6) is 0.109. The first-order chi connectivity index (χ1) is 9.61. The van der Waals surface area contributed by atoms with Crippen molar-refractivity contribution >= 4 is 11.0 Å². The third-order valence-corrected chi connectivity index (χ3v) is 3.80. The van der Waals surface area contributed by atoms with E-state index >= 15 is 0 Å². The Hall–Kier alpha value is -1.85. The molecule has 1 aromatic carbocycles. The number of hydrogen-bond acceptors (Lipinski definition) is 5. The van der Waals surface area contributed by atoms with E-state index in [9.17, 15) is 9.90 Å². The zero-order valence-corrected chi connectivity index (χ0v) is 11.5. The van der Waals surface area contributed by atoms with E-state index in [-0.39, 0.29) is 11.4 Å². The van der Waals surface area contributed by atoms with Crippen LogP contribution in [-0.4, -0.2) is 48.1 Å². The van der Waals surface area contributed by atoms with Gasteiger partial charge < -0.3 is 14.4 Å². The summed E-state index contributed by atoms with van der Waals surface area (Å²) in [5.41, 5.74) is 1.04. The summed E-state index contributed by atoms with van der Waals surface area (Å²) < 4.78 is 5.15. The Labute approximate surface area is 117 Å². The maximum atomic E-state index is 11.6. The number of rotatable bonds is 2. The molecule has 20 heavy (non-hydrogen) atoms. The van der Waals surface area contributed by atoms with Crippen molar-refractivity contribution in [3.05, 3.63) is 40.2 Å². The van der Waals surface area contributed by atoms with Crippen molar-refractivity contribution in [1.82, 2.24) is 9.80 Å². The van der Waals surface area contributed by atoms with E-state index in [0.717, 1.165) is 43.7 Å². The molecule has 0 saturated carbocycles. The number of hydrogen-bond donors (Lipinski definition) is 1. The van der Waals surface area contributed by atoms with E-state index in [4.69, 9.17) is 4.42 Å². The number of phenols is 1. The minimum Gasteiger partial charge on any atom is -0.508 e. The second-order valence-corrected chi connectivity index (χ2v) is 5.35. The molecule has 1 fully saturated rings. The average Bonchev–Trinajstić information content (AvgIpc) is 2.40. The Kier molecular flexibility index (Phi) is 3.46. The number of aromatic hydroxyl groups is 1. The second-order valence-electron chi connectivity index (χ2n) is 5.35. The monoisotopic (exact) mass is 274 g/mol. The maximum Gasteiger partial charge on any atom is 0.336 e. The molecular weight excluding hydrogens is 256 g/mol. The second kappa shape index (κ2) is 5.26. The lowest BCUT2D eigenvalue weighted by atomic mass is 10.1. The predicted molar refractivity (Wildman–Crippen MR) is 76.9 cm³/mol. The predicted octanol–water partition coefficient (Wildman–Crippen LogP) is 1.25. The minimum atomic E-state index is -0.368. The molecule has 1 aliphatic rings. The summed E-state index contributed by atoms with van der Waals surface area (Å²) in [6.07, 6.45) is 0. The molecule has 1 saturated heterocycles. The zero-order chi connectivity index (χ0) is 14.1. The van der Waals surface area contributed by atoms with Crippen LogP contribution in [0.4, 0.5) is 0 Å². The van der Waals surface area contributed by atoms with Gasteiger partial charge in [0.05, 0.1) is 0 Å². The molecular formula is C15H18N2O3. The highest BCUT2D eigenvalue weighted by Gasteiger charge is 2.16. The van der Waals surface area contributed by atoms with Crippen molar-refractivity contribution in [1.29, 1.82) is 0 Å². The zero-order valence-electron chi connectivity index (χ0n) is 11.5. The van der Waals surface area contributed by atoms with Crippen molar-refractivity contribution in [2.75, 3.05) is 33.2 Å². The number of phenolic OH excluding ortho intramolecular Hbond substituents is 1. The summed E-state index contributed by atoms with van der Waals surface area (Å²) in [4.78, 5) is 16.3. The van der Waals surface area contributed by atoms with E-state index in [2.05, 4.69) is 16.8 Å². The first-order valence-electron chi connectivity index (χ1n) is 6.78. The lowest BCUT2D eigenvalue weighted by Crippen LogP contribution is -2.43. The Bertz CT molecular complexity index is 672. The Morgan fingerprint density at radius 3 is 2.70 bits per heavy atom. The summed E-state index contributed by atoms with van der Waals surface area (Å²) in [6, 6.07) is 6.47. The average molecular weight is 274 g/mol. The van der Waals surface area contributed by atoms with Crippen molar-refractivity contribution < 1.29 is 9.52 Å². The van der Waals surface area contributed by atoms with Gasteiger partial charge in [-0.2, -0.15) is 0 Å². The SMILES string of the molecule is CN1CCN(Cc2cc(=O)oc3cc(O)ccc23)CC1. The van der Waals surface area contributed by atoms with Crippen LogP contribution < -0.4 is 5.63 Å². The minimum absolute atomic E-state index is 0.109. The van der Waals surface area contributed by atoms with Gasteiger partial charge in [-0.15, -0.1) is 0 Å². The van der Waals surface area contributed by atoms with Crippen LogP contribution in [0.25, 0.3) is 11.0 Å². The topological polar surface area (TPSA) is 56.9 Å². The Morgan fingerprint density at radius 2 is 1.95 bits per heavy atom. The molecule has 5 nitrogen and oxygen atoms in total. The van der Waals surface area contributed by atoms with Crippen LogP contribution >= 0.6 is 0 Å². The van der Waals surface area contributed by atoms with E-state index in [1.165, 1.54) is 6.07 Å². The van der Waals surface area contributed by atoms with Crippen LogP contribution in [-0.2, 0) is 6.54 Å². The van der Waals surface area contributed by atoms with Crippen LogP contribution in [0, 0.1) is 0 Å². The molecule has 2 heterocycles. The highest BCUT2D eigenvalue weighted by Crippen LogP contribution is 2.23. The van der Waals surface area contributed by atoms with Crippen LogP contribution in [0.2, 0.25) is 0 Å². The molecule has 0 spiro atoms. The molecule has 3 rings (SSSR count). The summed E-state index contributed by atoms with van der Waals surface area (Å²) in [7, 11) is 2.12. The molecule has 0 radical (unpaired) electrons. The number of benzene rings is 1. The quantitative estimate of drug-likeness (QED) is 0.835. The molecule has 1 aliphatic heterocycles. The van der Waals surface area contributed by atoms with Gasteiger partial charge in [-0.3, -0.25) is 4.90 Å². The van der Waals surface area contributed by atoms with Gasteiger partial charge in [0, 0.05) is 50.2 Å². The van der Waals surface area contributed by atoms with E-state index < -0.39 is 0 Å². The van der Waals surface area contributed by atoms with Gasteiger partial charge >= 0.3 is 5.63 Å². The molecule has 0 aliphatic carbocycles. The lowest BCUT2D eigenvalue weighted by Gasteiger charge is -2.32. The summed E-state index contributed by atoms with van der Waals surface area (Å²) >= 11 is 0. The molecule has 1 aromatic heterocycles. The third-order valence-electron chi connectivity index (χ3n) is 3.80. The van der Waals surface area contributed by atoms with Crippen molar-refractivity contribution in [3.63, 3.8) is 0 Å². The van der Waals surface area contributed by atoms with Crippen molar-refractivity contribution in [2.24, 2.45) is 0 Å². The van der Waals surface area contributed by atoms with Gasteiger partial charge in [0.2, 0.25) is 0 Å². The molecule has 5 heteroatoms. The molecule has 106 valence electrons. The van der Waals surface area contributed by atoms with Crippen molar-refractivity contribution in [3.8, 4) is 5.75 Å². The Morgan fingerprint density at radius 1 is 1.20 bits per heavy atom. The fourth-order valence-electron chi connectivity index (χ4n) is 2.60. The highest BCUT2D eigenvalue weighted by atomic mass is 16.4.